The molecule has 6 nitrogen and oxygen atoms in total. The van der Waals surface area contributed by atoms with Crippen molar-refractivity contribution in [2.24, 2.45) is 5.92 Å². The molecule has 0 aliphatic heterocycles. The molecule has 3 aromatic rings. The first-order valence-corrected chi connectivity index (χ1v) is 8.89. The van der Waals surface area contributed by atoms with E-state index in [1.54, 1.807) is 4.57 Å². The highest BCUT2D eigenvalue weighted by Gasteiger charge is 2.17. The second kappa shape index (κ2) is 6.65. The van der Waals surface area contributed by atoms with E-state index < -0.39 is 0 Å². The first-order chi connectivity index (χ1) is 11.5. The maximum Gasteiger partial charge on any atom is 0.262 e. The van der Waals surface area contributed by atoms with Crippen LogP contribution in [0.4, 0.5) is 0 Å². The molecule has 0 saturated heterocycles. The quantitative estimate of drug-likeness (QED) is 0.667. The summed E-state index contributed by atoms with van der Waals surface area (Å²) in [6.07, 6.45) is 0.889. The third-order valence-electron chi connectivity index (χ3n) is 3.92. The molecule has 0 bridgehead atoms. The molecule has 0 fully saturated rings. The molecule has 0 radical (unpaired) electrons. The predicted octanol–water partition coefficient (Wildman–Crippen LogP) is 3.01. The number of thioether (sulfide) groups is 1. The second-order valence-electron chi connectivity index (χ2n) is 6.22. The monoisotopic (exact) mass is 341 g/mol. The van der Waals surface area contributed by atoms with Gasteiger partial charge in [-0.05, 0) is 31.4 Å². The van der Waals surface area contributed by atoms with Crippen molar-refractivity contribution in [2.45, 2.75) is 38.9 Å². The number of benzene rings is 1. The van der Waals surface area contributed by atoms with Crippen molar-refractivity contribution >= 4 is 28.4 Å². The summed E-state index contributed by atoms with van der Waals surface area (Å²) in [6.45, 7) is 6.83. The van der Waals surface area contributed by atoms with E-state index >= 15 is 0 Å². The fourth-order valence-electron chi connectivity index (χ4n) is 2.68. The van der Waals surface area contributed by atoms with Crippen LogP contribution in [0, 0.1) is 24.2 Å². The molecule has 3 rings (SSSR count). The molecule has 7 heteroatoms. The van der Waals surface area contributed by atoms with Gasteiger partial charge in [-0.3, -0.25) is 13.8 Å². The highest BCUT2D eigenvalue weighted by molar-refractivity contribution is 7.99. The van der Waals surface area contributed by atoms with Gasteiger partial charge in [0.05, 0.1) is 22.7 Å². The van der Waals surface area contributed by atoms with Crippen molar-refractivity contribution < 1.29 is 0 Å². The normalized spacial score (nSPS) is 11.5. The zero-order valence-corrected chi connectivity index (χ0v) is 14.8. The van der Waals surface area contributed by atoms with E-state index in [0.717, 1.165) is 17.5 Å². The molecule has 0 amide bonds. The summed E-state index contributed by atoms with van der Waals surface area (Å²) >= 11 is 1.33. The van der Waals surface area contributed by atoms with Gasteiger partial charge in [-0.1, -0.05) is 37.2 Å². The molecular formula is C17H19N5OS. The van der Waals surface area contributed by atoms with Gasteiger partial charge in [-0.15, -0.1) is 10.2 Å². The van der Waals surface area contributed by atoms with Crippen molar-refractivity contribution in [3.05, 3.63) is 34.1 Å². The zero-order chi connectivity index (χ0) is 17.3. The van der Waals surface area contributed by atoms with Crippen LogP contribution in [-0.4, -0.2) is 24.9 Å². The van der Waals surface area contributed by atoms with Gasteiger partial charge in [0.15, 0.2) is 5.16 Å². The zero-order valence-electron chi connectivity index (χ0n) is 14.0. The number of aromatic nitrogens is 4. The van der Waals surface area contributed by atoms with Crippen LogP contribution in [0.3, 0.4) is 0 Å². The van der Waals surface area contributed by atoms with E-state index in [9.17, 15) is 4.79 Å². The average Bonchev–Trinajstić information content (AvgIpc) is 2.96. The Labute approximate surface area is 144 Å². The molecule has 0 unspecified atom stereocenters. The van der Waals surface area contributed by atoms with Gasteiger partial charge in [0.2, 0.25) is 5.78 Å². The SMILES string of the molecule is Cc1ccc2c(c1)c(=O)n(CCC(C)C)c1nnc(SCC#N)n21. The topological polar surface area (TPSA) is 76.0 Å². The molecule has 2 aromatic heterocycles. The minimum atomic E-state index is -0.0360. The van der Waals surface area contributed by atoms with E-state index in [-0.39, 0.29) is 5.56 Å². The number of hydrogen-bond donors (Lipinski definition) is 0. The highest BCUT2D eigenvalue weighted by Crippen LogP contribution is 2.22. The number of fused-ring (bicyclic) bond motifs is 3. The first kappa shape index (κ1) is 16.5. The lowest BCUT2D eigenvalue weighted by molar-refractivity contribution is 0.512. The number of aryl methyl sites for hydroxylation is 2. The number of nitriles is 1. The number of rotatable bonds is 5. The van der Waals surface area contributed by atoms with Crippen LogP contribution in [-0.2, 0) is 6.54 Å². The van der Waals surface area contributed by atoms with Gasteiger partial charge >= 0.3 is 0 Å². The van der Waals surface area contributed by atoms with Crippen LogP contribution in [0.1, 0.15) is 25.8 Å². The summed E-state index contributed by atoms with van der Waals surface area (Å²) in [7, 11) is 0. The standard InChI is InChI=1S/C17H19N5OS/c1-11(2)6-8-21-15(23)13-10-12(3)4-5-14(13)22-16(21)19-20-17(22)24-9-7-18/h4-5,10-11H,6,8-9H2,1-3H3. The van der Waals surface area contributed by atoms with Crippen molar-refractivity contribution in [1.29, 1.82) is 5.26 Å². The largest absolute Gasteiger partial charge is 0.276 e. The van der Waals surface area contributed by atoms with Gasteiger partial charge in [-0.2, -0.15) is 5.26 Å². The summed E-state index contributed by atoms with van der Waals surface area (Å²) in [4.78, 5) is 13.0. The van der Waals surface area contributed by atoms with Gasteiger partial charge < -0.3 is 0 Å². The Bertz CT molecular complexity index is 996. The molecule has 2 heterocycles. The molecule has 0 aliphatic carbocycles. The van der Waals surface area contributed by atoms with E-state index in [1.807, 2.05) is 29.5 Å². The third kappa shape index (κ3) is 2.89. The Morgan fingerprint density at radius 2 is 2.12 bits per heavy atom. The van der Waals surface area contributed by atoms with Crippen LogP contribution in [0.5, 0.6) is 0 Å². The van der Waals surface area contributed by atoms with E-state index in [1.165, 1.54) is 11.8 Å². The molecular weight excluding hydrogens is 322 g/mol. The fourth-order valence-corrected chi connectivity index (χ4v) is 3.28. The van der Waals surface area contributed by atoms with E-state index in [4.69, 9.17) is 5.26 Å². The smallest absolute Gasteiger partial charge is 0.262 e. The molecule has 124 valence electrons. The molecule has 0 spiro atoms. The molecule has 24 heavy (non-hydrogen) atoms. The Balaban J connectivity index is 2.32. The highest BCUT2D eigenvalue weighted by atomic mass is 32.2. The van der Waals surface area contributed by atoms with Gasteiger partial charge in [0.1, 0.15) is 0 Å². The van der Waals surface area contributed by atoms with Crippen LogP contribution < -0.4 is 5.56 Å². The van der Waals surface area contributed by atoms with E-state index in [2.05, 4.69) is 30.1 Å². The first-order valence-electron chi connectivity index (χ1n) is 7.91. The lowest BCUT2D eigenvalue weighted by Gasteiger charge is -2.12. The van der Waals surface area contributed by atoms with Crippen LogP contribution in [0.15, 0.2) is 28.2 Å². The fraction of sp³-hybridized carbons (Fsp3) is 0.412. The van der Waals surface area contributed by atoms with Gasteiger partial charge in [0, 0.05) is 6.54 Å². The van der Waals surface area contributed by atoms with Crippen molar-refractivity contribution in [3.63, 3.8) is 0 Å². The second-order valence-corrected chi connectivity index (χ2v) is 7.17. The lowest BCUT2D eigenvalue weighted by Crippen LogP contribution is -2.24. The summed E-state index contributed by atoms with van der Waals surface area (Å²) in [5, 5.41) is 18.6. The van der Waals surface area contributed by atoms with Gasteiger partial charge in [0.25, 0.3) is 5.56 Å². The van der Waals surface area contributed by atoms with Crippen molar-refractivity contribution in [2.75, 3.05) is 5.75 Å². The Morgan fingerprint density at radius 3 is 2.83 bits per heavy atom. The van der Waals surface area contributed by atoms with Crippen LogP contribution in [0.25, 0.3) is 16.7 Å². The predicted molar refractivity (Wildman–Crippen MR) is 95.3 cm³/mol. The minimum Gasteiger partial charge on any atom is -0.276 e. The molecule has 0 aliphatic rings. The third-order valence-corrected chi connectivity index (χ3v) is 4.72. The maximum atomic E-state index is 13.0. The molecule has 0 saturated carbocycles. The Hall–Kier alpha value is -2.33. The maximum absolute atomic E-state index is 13.0. The number of hydrogen-bond acceptors (Lipinski definition) is 5. The molecule has 1 aromatic carbocycles. The van der Waals surface area contributed by atoms with Crippen LogP contribution in [0.2, 0.25) is 0 Å². The Morgan fingerprint density at radius 1 is 1.33 bits per heavy atom. The Kier molecular flexibility index (Phi) is 4.58. The molecule has 0 N–H and O–H groups in total. The lowest BCUT2D eigenvalue weighted by atomic mass is 10.1. The van der Waals surface area contributed by atoms with Crippen molar-refractivity contribution in [1.82, 2.24) is 19.2 Å². The summed E-state index contributed by atoms with van der Waals surface area (Å²) < 4.78 is 3.59. The van der Waals surface area contributed by atoms with E-state index in [0.29, 0.717) is 34.5 Å². The average molecular weight is 341 g/mol. The van der Waals surface area contributed by atoms with Crippen LogP contribution >= 0.6 is 11.8 Å². The minimum absolute atomic E-state index is 0.0360. The number of nitrogens with zero attached hydrogens (tertiary/aromatic N) is 5. The summed E-state index contributed by atoms with van der Waals surface area (Å²) in [6, 6.07) is 7.90. The summed E-state index contributed by atoms with van der Waals surface area (Å²) in [5.74, 6) is 1.32. The van der Waals surface area contributed by atoms with Crippen molar-refractivity contribution in [3.8, 4) is 6.07 Å². The summed E-state index contributed by atoms with van der Waals surface area (Å²) in [5.41, 5.74) is 1.78. The van der Waals surface area contributed by atoms with Gasteiger partial charge in [-0.25, -0.2) is 0 Å². The molecule has 0 atom stereocenters.